The first-order chi connectivity index (χ1) is 9.62. The fourth-order valence-corrected chi connectivity index (χ4v) is 5.48. The number of fused-ring (bicyclic) bond motifs is 3. The summed E-state index contributed by atoms with van der Waals surface area (Å²) in [5, 5.41) is 16.7. The molecule has 1 N–H and O–H groups in total. The molecule has 2 unspecified atom stereocenters. The first kappa shape index (κ1) is 12.7. The molecular weight excluding hydrogens is 270 g/mol. The second-order valence-corrected chi connectivity index (χ2v) is 7.79. The fraction of sp³-hybridized carbons (Fsp3) is 0.600. The van der Waals surface area contributed by atoms with E-state index in [2.05, 4.69) is 21.8 Å². The van der Waals surface area contributed by atoms with Crippen LogP contribution in [0.5, 0.6) is 0 Å². The number of hydrogen-bond donors (Lipinski definition) is 1. The molecule has 0 spiro atoms. The first-order valence-corrected chi connectivity index (χ1v) is 8.27. The molecule has 106 valence electrons. The molecule has 2 aliphatic heterocycles. The van der Waals surface area contributed by atoms with Crippen LogP contribution >= 0.6 is 11.8 Å². The number of aromatic nitrogens is 3. The number of thioether (sulfide) groups is 1. The van der Waals surface area contributed by atoms with Gasteiger partial charge in [0.15, 0.2) is 5.65 Å². The van der Waals surface area contributed by atoms with Gasteiger partial charge in [-0.15, -0.1) is 0 Å². The van der Waals surface area contributed by atoms with Crippen molar-refractivity contribution < 1.29 is 5.11 Å². The van der Waals surface area contributed by atoms with Crippen molar-refractivity contribution in [3.8, 4) is 0 Å². The van der Waals surface area contributed by atoms with Gasteiger partial charge in [-0.25, -0.2) is 9.50 Å². The van der Waals surface area contributed by atoms with Crippen LogP contribution in [0.2, 0.25) is 0 Å². The van der Waals surface area contributed by atoms with Gasteiger partial charge in [-0.3, -0.25) is 0 Å². The summed E-state index contributed by atoms with van der Waals surface area (Å²) in [6.07, 6.45) is 9.28. The summed E-state index contributed by atoms with van der Waals surface area (Å²) in [5.41, 5.74) is 2.01. The predicted octanol–water partition coefficient (Wildman–Crippen LogP) is 2.67. The molecule has 4 heterocycles. The summed E-state index contributed by atoms with van der Waals surface area (Å²) in [6.45, 7) is 1.96. The van der Waals surface area contributed by atoms with E-state index in [1.807, 2.05) is 25.4 Å². The van der Waals surface area contributed by atoms with Crippen molar-refractivity contribution in [2.45, 2.75) is 55.1 Å². The fourth-order valence-electron chi connectivity index (χ4n) is 3.59. The van der Waals surface area contributed by atoms with Crippen LogP contribution in [0.25, 0.3) is 5.65 Å². The van der Waals surface area contributed by atoms with E-state index >= 15 is 0 Å². The van der Waals surface area contributed by atoms with Crippen molar-refractivity contribution in [3.63, 3.8) is 0 Å². The van der Waals surface area contributed by atoms with Gasteiger partial charge < -0.3 is 5.11 Å². The van der Waals surface area contributed by atoms with Crippen molar-refractivity contribution in [3.05, 3.63) is 29.7 Å². The summed E-state index contributed by atoms with van der Waals surface area (Å²) in [7, 11) is 0. The van der Waals surface area contributed by atoms with Gasteiger partial charge in [0.1, 0.15) is 0 Å². The Labute approximate surface area is 122 Å². The summed E-state index contributed by atoms with van der Waals surface area (Å²) in [6, 6.07) is 1.96. The first-order valence-electron chi connectivity index (χ1n) is 7.33. The third-order valence-electron chi connectivity index (χ3n) is 4.54. The van der Waals surface area contributed by atoms with Crippen molar-refractivity contribution in [1.82, 2.24) is 14.6 Å². The van der Waals surface area contributed by atoms with E-state index in [0.29, 0.717) is 10.5 Å². The maximum atomic E-state index is 11.1. The highest BCUT2D eigenvalue weighted by molar-refractivity contribution is 8.00. The summed E-state index contributed by atoms with van der Waals surface area (Å²) >= 11 is 2.08. The SMILES string of the molecule is Cc1cc2ncc(C3(O)CC4CCCC(C3)S4)cn2n1. The van der Waals surface area contributed by atoms with E-state index < -0.39 is 5.60 Å². The second kappa shape index (κ2) is 4.46. The van der Waals surface area contributed by atoms with E-state index in [1.165, 1.54) is 19.3 Å². The van der Waals surface area contributed by atoms with Gasteiger partial charge in [0.25, 0.3) is 0 Å². The molecule has 0 aromatic carbocycles. The largest absolute Gasteiger partial charge is 0.385 e. The predicted molar refractivity (Wildman–Crippen MR) is 79.9 cm³/mol. The highest BCUT2D eigenvalue weighted by Gasteiger charge is 2.42. The van der Waals surface area contributed by atoms with Gasteiger partial charge >= 0.3 is 0 Å². The van der Waals surface area contributed by atoms with Crippen molar-refractivity contribution in [1.29, 1.82) is 0 Å². The highest BCUT2D eigenvalue weighted by atomic mass is 32.2. The Morgan fingerprint density at radius 3 is 2.85 bits per heavy atom. The molecule has 5 heteroatoms. The Morgan fingerprint density at radius 2 is 2.10 bits per heavy atom. The molecule has 4 nitrogen and oxygen atoms in total. The number of hydrogen-bond acceptors (Lipinski definition) is 4. The molecule has 2 aliphatic rings. The lowest BCUT2D eigenvalue weighted by molar-refractivity contribution is 0.00738. The number of aryl methyl sites for hydroxylation is 1. The van der Waals surface area contributed by atoms with Crippen LogP contribution in [0.3, 0.4) is 0 Å². The van der Waals surface area contributed by atoms with Gasteiger partial charge in [-0.05, 0) is 32.6 Å². The molecule has 2 atom stereocenters. The standard InChI is InChI=1S/C15H19N3OS/c1-10-5-14-16-8-11(9-18(14)17-10)15(19)6-12-3-2-4-13(7-15)20-12/h5,8-9,12-13,19H,2-4,6-7H2,1H3. The lowest BCUT2D eigenvalue weighted by Crippen LogP contribution is -2.40. The van der Waals surface area contributed by atoms with Crippen molar-refractivity contribution in [2.75, 3.05) is 0 Å². The van der Waals surface area contributed by atoms with E-state index in [-0.39, 0.29) is 0 Å². The van der Waals surface area contributed by atoms with Crippen LogP contribution in [0.4, 0.5) is 0 Å². The smallest absolute Gasteiger partial charge is 0.155 e. The molecule has 0 saturated carbocycles. The molecule has 20 heavy (non-hydrogen) atoms. The van der Waals surface area contributed by atoms with Gasteiger partial charge in [0.2, 0.25) is 0 Å². The average molecular weight is 289 g/mol. The third kappa shape index (κ3) is 2.04. The normalized spacial score (nSPS) is 33.5. The molecule has 2 aromatic heterocycles. The molecule has 2 aromatic rings. The van der Waals surface area contributed by atoms with Crippen LogP contribution in [-0.4, -0.2) is 30.2 Å². The van der Waals surface area contributed by atoms with E-state index in [9.17, 15) is 5.11 Å². The second-order valence-electron chi connectivity index (χ2n) is 6.18. The van der Waals surface area contributed by atoms with Crippen LogP contribution in [0.1, 0.15) is 43.4 Å². The maximum absolute atomic E-state index is 11.1. The summed E-state index contributed by atoms with van der Waals surface area (Å²) < 4.78 is 1.79. The summed E-state index contributed by atoms with van der Waals surface area (Å²) in [5.74, 6) is 0. The van der Waals surface area contributed by atoms with Crippen LogP contribution < -0.4 is 0 Å². The zero-order chi connectivity index (χ0) is 13.7. The number of rotatable bonds is 1. The molecule has 0 amide bonds. The number of nitrogens with zero attached hydrogens (tertiary/aromatic N) is 3. The van der Waals surface area contributed by atoms with E-state index in [4.69, 9.17) is 0 Å². The molecule has 2 bridgehead atoms. The molecule has 4 rings (SSSR count). The average Bonchev–Trinajstić information content (AvgIpc) is 2.77. The van der Waals surface area contributed by atoms with Crippen molar-refractivity contribution >= 4 is 17.4 Å². The molecule has 2 fully saturated rings. The molecule has 0 radical (unpaired) electrons. The summed E-state index contributed by atoms with van der Waals surface area (Å²) in [4.78, 5) is 4.45. The molecule has 0 aliphatic carbocycles. The number of aliphatic hydroxyl groups is 1. The van der Waals surface area contributed by atoms with Crippen molar-refractivity contribution in [2.24, 2.45) is 0 Å². The minimum atomic E-state index is -0.720. The Hall–Kier alpha value is -1.07. The van der Waals surface area contributed by atoms with E-state index in [1.54, 1.807) is 4.52 Å². The van der Waals surface area contributed by atoms with Gasteiger partial charge in [0, 0.05) is 34.5 Å². The van der Waals surface area contributed by atoms with Gasteiger partial charge in [0.05, 0.1) is 11.3 Å². The quantitative estimate of drug-likeness (QED) is 0.877. The minimum absolute atomic E-state index is 0.600. The topological polar surface area (TPSA) is 50.4 Å². The lowest BCUT2D eigenvalue weighted by Gasteiger charge is -2.43. The Morgan fingerprint density at radius 1 is 1.35 bits per heavy atom. The Balaban J connectivity index is 1.73. The van der Waals surface area contributed by atoms with Gasteiger partial charge in [-0.2, -0.15) is 16.9 Å². The van der Waals surface area contributed by atoms with Gasteiger partial charge in [-0.1, -0.05) is 6.42 Å². The maximum Gasteiger partial charge on any atom is 0.155 e. The molecular formula is C15H19N3OS. The van der Waals surface area contributed by atoms with Crippen LogP contribution in [0, 0.1) is 6.92 Å². The Kier molecular flexibility index (Phi) is 2.82. The van der Waals surface area contributed by atoms with Crippen LogP contribution in [0.15, 0.2) is 18.5 Å². The minimum Gasteiger partial charge on any atom is -0.385 e. The highest BCUT2D eigenvalue weighted by Crippen LogP contribution is 2.49. The lowest BCUT2D eigenvalue weighted by atomic mass is 9.81. The monoisotopic (exact) mass is 289 g/mol. The van der Waals surface area contributed by atoms with E-state index in [0.717, 1.165) is 29.7 Å². The molecule has 2 saturated heterocycles. The zero-order valence-corrected chi connectivity index (χ0v) is 12.4. The Bertz CT molecular complexity index is 642. The third-order valence-corrected chi connectivity index (χ3v) is 6.12. The zero-order valence-electron chi connectivity index (χ0n) is 11.6. The van der Waals surface area contributed by atoms with Crippen LogP contribution in [-0.2, 0) is 5.60 Å².